The molecule has 0 aromatic heterocycles. The van der Waals surface area contributed by atoms with E-state index in [1.165, 1.54) is 133 Å². The van der Waals surface area contributed by atoms with Crippen LogP contribution in [0.1, 0.15) is 127 Å². The second-order valence-corrected chi connectivity index (χ2v) is 14.7. The molecular formula is C50H64N2+2. The topological polar surface area (TPSA) is 6.02 Å². The Balaban J connectivity index is 1.52. The maximum atomic E-state index is 2.41. The van der Waals surface area contributed by atoms with Gasteiger partial charge in [-0.3, -0.25) is 0 Å². The molecule has 0 bridgehead atoms. The summed E-state index contributed by atoms with van der Waals surface area (Å²) >= 11 is 0. The van der Waals surface area contributed by atoms with Crippen molar-refractivity contribution in [3.63, 3.8) is 0 Å². The number of allylic oxidation sites excluding steroid dienone is 4. The molecule has 1 aliphatic carbocycles. The molecule has 272 valence electrons. The standard InChI is InChI=1S/C50H64N2/c1-5-9-13-17-41-21-29-45(30-22-41)51(46-31-23-42(24-32-46)18-14-10-6-2)49-37-39-50(40-38-49)52(47-33-25-43(26-34-47)19-15-11-7-3)48-35-27-44(28-36-48)20-16-12-8-4/h21-40H,5-20H2,1-4H3/q+2. The molecule has 0 heterocycles. The van der Waals surface area contributed by atoms with Crippen LogP contribution in [0.25, 0.3) is 0 Å². The van der Waals surface area contributed by atoms with E-state index < -0.39 is 0 Å². The molecule has 0 saturated carbocycles. The molecule has 0 radical (unpaired) electrons. The highest BCUT2D eigenvalue weighted by atomic mass is 15.0. The van der Waals surface area contributed by atoms with Crippen molar-refractivity contribution in [2.45, 2.75) is 130 Å². The van der Waals surface area contributed by atoms with Gasteiger partial charge < -0.3 is 0 Å². The SMILES string of the molecule is CCCCCc1ccc([N+](=C2C=CC(=[N+](c3ccc(CCCCC)cc3)c3ccc(CCCCC)cc3)C=C2)c2ccc(CCCCC)cc2)cc1. The smallest absolute Gasteiger partial charge is 0.154 e. The minimum atomic E-state index is 1.14. The van der Waals surface area contributed by atoms with Gasteiger partial charge in [0.25, 0.3) is 0 Å². The van der Waals surface area contributed by atoms with Gasteiger partial charge in [-0.1, -0.05) is 128 Å². The summed E-state index contributed by atoms with van der Waals surface area (Å²) in [5.74, 6) is 0. The van der Waals surface area contributed by atoms with Crippen LogP contribution in [-0.4, -0.2) is 11.4 Å². The van der Waals surface area contributed by atoms with Crippen LogP contribution in [0.2, 0.25) is 0 Å². The average molecular weight is 693 g/mol. The molecule has 0 spiro atoms. The van der Waals surface area contributed by atoms with Crippen LogP contribution in [0.5, 0.6) is 0 Å². The molecule has 0 saturated heterocycles. The molecule has 1 aliphatic rings. The highest BCUT2D eigenvalue weighted by Gasteiger charge is 2.24. The van der Waals surface area contributed by atoms with E-state index in [-0.39, 0.29) is 0 Å². The molecule has 0 aliphatic heterocycles. The van der Waals surface area contributed by atoms with Crippen LogP contribution < -0.4 is 9.15 Å². The van der Waals surface area contributed by atoms with Crippen LogP contribution in [0.4, 0.5) is 22.7 Å². The summed E-state index contributed by atoms with van der Waals surface area (Å²) in [4.78, 5) is 0. The summed E-state index contributed by atoms with van der Waals surface area (Å²) < 4.78 is 4.83. The number of nitrogens with zero attached hydrogens (tertiary/aromatic N) is 2. The first-order chi connectivity index (χ1) is 25.6. The Morgan fingerprint density at radius 3 is 0.692 bits per heavy atom. The van der Waals surface area contributed by atoms with Crippen LogP contribution in [0, 0.1) is 0 Å². The lowest BCUT2D eigenvalue weighted by Gasteiger charge is -2.11. The predicted octanol–water partition coefficient (Wildman–Crippen LogP) is 14.0. The third-order valence-electron chi connectivity index (χ3n) is 10.4. The van der Waals surface area contributed by atoms with Crippen molar-refractivity contribution in [3.05, 3.63) is 144 Å². The van der Waals surface area contributed by atoms with Gasteiger partial charge in [0, 0.05) is 72.8 Å². The molecule has 0 N–H and O–H groups in total. The molecule has 52 heavy (non-hydrogen) atoms. The molecule has 4 aromatic rings. The Bertz CT molecular complexity index is 1500. The quantitative estimate of drug-likeness (QED) is 0.0494. The van der Waals surface area contributed by atoms with E-state index in [4.69, 9.17) is 0 Å². The second kappa shape index (κ2) is 21.3. The lowest BCUT2D eigenvalue weighted by molar-refractivity contribution is 0.717. The van der Waals surface area contributed by atoms with Crippen molar-refractivity contribution in [2.24, 2.45) is 0 Å². The summed E-state index contributed by atoms with van der Waals surface area (Å²) in [6, 6.07) is 37.0. The number of benzene rings is 4. The van der Waals surface area contributed by atoms with Gasteiger partial charge in [-0.25, -0.2) is 0 Å². The van der Waals surface area contributed by atoms with Crippen molar-refractivity contribution in [1.82, 2.24) is 9.15 Å². The number of unbranched alkanes of at least 4 members (excludes halogenated alkanes) is 8. The first-order valence-electron chi connectivity index (χ1n) is 20.7. The highest BCUT2D eigenvalue weighted by molar-refractivity contribution is 6.20. The number of aryl methyl sites for hydroxylation is 4. The summed E-state index contributed by atoms with van der Waals surface area (Å²) in [5.41, 5.74) is 12.8. The highest BCUT2D eigenvalue weighted by Crippen LogP contribution is 2.27. The van der Waals surface area contributed by atoms with E-state index in [2.05, 4.69) is 158 Å². The van der Waals surface area contributed by atoms with E-state index in [0.29, 0.717) is 0 Å². The Morgan fingerprint density at radius 2 is 0.500 bits per heavy atom. The molecule has 0 fully saturated rings. The van der Waals surface area contributed by atoms with Crippen molar-refractivity contribution in [3.8, 4) is 0 Å². The van der Waals surface area contributed by atoms with E-state index in [9.17, 15) is 0 Å². The third kappa shape index (κ3) is 11.3. The van der Waals surface area contributed by atoms with Crippen LogP contribution >= 0.6 is 0 Å². The molecule has 4 aromatic carbocycles. The molecule has 0 unspecified atom stereocenters. The third-order valence-corrected chi connectivity index (χ3v) is 10.4. The Labute approximate surface area is 316 Å². The van der Waals surface area contributed by atoms with Gasteiger partial charge in [-0.15, -0.1) is 0 Å². The Morgan fingerprint density at radius 1 is 0.288 bits per heavy atom. The summed E-state index contributed by atoms with van der Waals surface area (Å²) in [7, 11) is 0. The zero-order chi connectivity index (χ0) is 36.4. The second-order valence-electron chi connectivity index (χ2n) is 14.7. The molecule has 2 nitrogen and oxygen atoms in total. The fourth-order valence-electron chi connectivity index (χ4n) is 7.21. The van der Waals surface area contributed by atoms with Gasteiger partial charge in [-0.05, 0) is 73.6 Å². The zero-order valence-corrected chi connectivity index (χ0v) is 32.8. The maximum absolute atomic E-state index is 2.41. The molecule has 0 amide bonds. The number of hydrogen-bond acceptors (Lipinski definition) is 0. The van der Waals surface area contributed by atoms with E-state index in [1.807, 2.05) is 0 Å². The Kier molecular flexibility index (Phi) is 15.9. The van der Waals surface area contributed by atoms with Gasteiger partial charge >= 0.3 is 0 Å². The lowest BCUT2D eigenvalue weighted by atomic mass is 10.0. The van der Waals surface area contributed by atoms with E-state index in [1.54, 1.807) is 0 Å². The largest absolute Gasteiger partial charge is 0.212 e. The number of rotatable bonds is 20. The van der Waals surface area contributed by atoms with Gasteiger partial charge in [0.15, 0.2) is 0 Å². The molecule has 5 rings (SSSR count). The van der Waals surface area contributed by atoms with Gasteiger partial charge in [0.05, 0.1) is 0 Å². The molecular weight excluding hydrogens is 629 g/mol. The van der Waals surface area contributed by atoms with E-state index in [0.717, 1.165) is 25.7 Å². The first-order valence-corrected chi connectivity index (χ1v) is 20.7. The summed E-state index contributed by atoms with van der Waals surface area (Å²) in [5, 5.41) is 0. The Hall–Kier alpha value is -4.30. The fraction of sp³-hybridized carbons (Fsp3) is 0.400. The minimum Gasteiger partial charge on any atom is -0.154 e. The van der Waals surface area contributed by atoms with Crippen LogP contribution in [0.3, 0.4) is 0 Å². The van der Waals surface area contributed by atoms with Gasteiger partial charge in [0.1, 0.15) is 0 Å². The lowest BCUT2D eigenvalue weighted by Crippen LogP contribution is -2.20. The first kappa shape index (κ1) is 38.9. The zero-order valence-electron chi connectivity index (χ0n) is 32.8. The predicted molar refractivity (Wildman–Crippen MR) is 230 cm³/mol. The molecule has 2 heteroatoms. The normalized spacial score (nSPS) is 12.5. The van der Waals surface area contributed by atoms with Crippen molar-refractivity contribution in [2.75, 3.05) is 0 Å². The van der Waals surface area contributed by atoms with Crippen LogP contribution in [-0.2, 0) is 25.7 Å². The fourth-order valence-corrected chi connectivity index (χ4v) is 7.21. The molecule has 0 atom stereocenters. The van der Waals surface area contributed by atoms with Crippen molar-refractivity contribution < 1.29 is 0 Å². The van der Waals surface area contributed by atoms with Gasteiger partial charge in [0.2, 0.25) is 34.2 Å². The number of hydrogen-bond donors (Lipinski definition) is 0. The maximum Gasteiger partial charge on any atom is 0.212 e. The van der Waals surface area contributed by atoms with Crippen molar-refractivity contribution >= 4 is 34.2 Å². The van der Waals surface area contributed by atoms with Crippen molar-refractivity contribution in [1.29, 1.82) is 0 Å². The monoisotopic (exact) mass is 693 g/mol. The van der Waals surface area contributed by atoms with Crippen LogP contribution in [0.15, 0.2) is 121 Å². The minimum absolute atomic E-state index is 1.14. The average Bonchev–Trinajstić information content (AvgIpc) is 3.18. The van der Waals surface area contributed by atoms with Gasteiger partial charge in [-0.2, -0.15) is 9.15 Å². The summed E-state index contributed by atoms with van der Waals surface area (Å²) in [6.07, 6.45) is 28.9. The summed E-state index contributed by atoms with van der Waals surface area (Å²) in [6.45, 7) is 9.10. The van der Waals surface area contributed by atoms with E-state index >= 15 is 0 Å².